The molecule has 1 aromatic heterocycles. The average Bonchev–Trinajstić information content (AvgIpc) is 2.97. The Morgan fingerprint density at radius 1 is 1.14 bits per heavy atom. The summed E-state index contributed by atoms with van der Waals surface area (Å²) in [5, 5.41) is 11.0. The molecule has 0 aliphatic heterocycles. The van der Waals surface area contributed by atoms with Crippen LogP contribution in [0.25, 0.3) is 16.3 Å². The molecule has 0 spiro atoms. The van der Waals surface area contributed by atoms with Gasteiger partial charge in [0.05, 0.1) is 15.1 Å². The lowest BCUT2D eigenvalue weighted by Crippen LogP contribution is -1.92. The van der Waals surface area contributed by atoms with Gasteiger partial charge in [-0.25, -0.2) is 4.98 Å². The maximum absolute atomic E-state index is 12.1. The number of para-hydroxylation sites is 1. The fourth-order valence-electron chi connectivity index (χ4n) is 1.93. The molecule has 1 heterocycles. The topological polar surface area (TPSA) is 73.1 Å². The Morgan fingerprint density at radius 3 is 2.55 bits per heavy atom. The number of fused-ring (bicyclic) bond motifs is 1. The van der Waals surface area contributed by atoms with E-state index in [0.29, 0.717) is 5.01 Å². The summed E-state index contributed by atoms with van der Waals surface area (Å²) in [5.41, 5.74) is 1.55. The first-order chi connectivity index (χ1) is 10.6. The summed E-state index contributed by atoms with van der Waals surface area (Å²) in [6.07, 6.45) is 3.05. The van der Waals surface area contributed by atoms with E-state index in [-0.39, 0.29) is 11.5 Å². The van der Waals surface area contributed by atoms with Crippen LogP contribution in [-0.4, -0.2) is 15.7 Å². The molecule has 0 bridgehead atoms. The minimum absolute atomic E-state index is 0.0228. The second-order valence-electron chi connectivity index (χ2n) is 4.53. The van der Waals surface area contributed by atoms with E-state index in [1.54, 1.807) is 18.2 Å². The van der Waals surface area contributed by atoms with Crippen LogP contribution in [0.15, 0.2) is 54.6 Å². The molecular formula is C16H10N2O3S. The Labute approximate surface area is 129 Å². The van der Waals surface area contributed by atoms with Crippen molar-refractivity contribution in [1.82, 2.24) is 4.98 Å². The van der Waals surface area contributed by atoms with Gasteiger partial charge in [-0.3, -0.25) is 14.9 Å². The van der Waals surface area contributed by atoms with Crippen molar-refractivity contribution in [3.63, 3.8) is 0 Å². The van der Waals surface area contributed by atoms with Gasteiger partial charge in [0.25, 0.3) is 5.69 Å². The predicted octanol–water partition coefficient (Wildman–Crippen LogP) is 4.10. The van der Waals surface area contributed by atoms with Gasteiger partial charge in [0.1, 0.15) is 0 Å². The van der Waals surface area contributed by atoms with E-state index in [1.165, 1.54) is 29.5 Å². The lowest BCUT2D eigenvalue weighted by molar-refractivity contribution is -0.384. The van der Waals surface area contributed by atoms with Crippen LogP contribution in [0.2, 0.25) is 0 Å². The molecule has 0 fully saturated rings. The summed E-state index contributed by atoms with van der Waals surface area (Å²) in [5.74, 6) is -0.181. The van der Waals surface area contributed by atoms with Crippen molar-refractivity contribution >= 4 is 39.1 Å². The van der Waals surface area contributed by atoms with E-state index in [2.05, 4.69) is 4.98 Å². The average molecular weight is 310 g/mol. The van der Waals surface area contributed by atoms with E-state index in [1.807, 2.05) is 24.3 Å². The molecule has 6 heteroatoms. The molecule has 0 saturated carbocycles. The number of aromatic nitrogens is 1. The summed E-state index contributed by atoms with van der Waals surface area (Å²) < 4.78 is 0.967. The third-order valence-electron chi connectivity index (χ3n) is 3.04. The van der Waals surface area contributed by atoms with Crippen molar-refractivity contribution in [2.24, 2.45) is 0 Å². The largest absolute Gasteiger partial charge is 0.287 e. The fourth-order valence-corrected chi connectivity index (χ4v) is 2.81. The van der Waals surface area contributed by atoms with Crippen molar-refractivity contribution in [1.29, 1.82) is 0 Å². The molecule has 3 rings (SSSR count). The van der Waals surface area contributed by atoms with Crippen molar-refractivity contribution in [3.05, 3.63) is 75.3 Å². The van der Waals surface area contributed by atoms with E-state index >= 15 is 0 Å². The molecule has 3 aromatic rings. The summed E-state index contributed by atoms with van der Waals surface area (Å²) >= 11 is 1.35. The Balaban J connectivity index is 1.79. The first-order valence-corrected chi connectivity index (χ1v) is 7.27. The van der Waals surface area contributed by atoms with Crippen LogP contribution in [0.1, 0.15) is 15.4 Å². The van der Waals surface area contributed by atoms with Gasteiger partial charge in [-0.15, -0.1) is 11.3 Å². The molecule has 5 nitrogen and oxygen atoms in total. The number of allylic oxidation sites excluding steroid dienone is 1. The zero-order valence-electron chi connectivity index (χ0n) is 11.3. The third kappa shape index (κ3) is 2.91. The number of non-ortho nitro benzene ring substituents is 1. The minimum atomic E-state index is -0.459. The first kappa shape index (κ1) is 14.1. The molecule has 0 aliphatic rings. The van der Waals surface area contributed by atoms with Crippen LogP contribution in [0.3, 0.4) is 0 Å². The monoisotopic (exact) mass is 310 g/mol. The van der Waals surface area contributed by atoms with E-state index in [4.69, 9.17) is 0 Å². The van der Waals surface area contributed by atoms with Gasteiger partial charge in [0.2, 0.25) is 5.78 Å². The Bertz CT molecular complexity index is 849. The van der Waals surface area contributed by atoms with Gasteiger partial charge in [-0.1, -0.05) is 18.2 Å². The summed E-state index contributed by atoms with van der Waals surface area (Å²) in [6, 6.07) is 13.6. The van der Waals surface area contributed by atoms with Gasteiger partial charge >= 0.3 is 0 Å². The smallest absolute Gasteiger partial charge is 0.269 e. The molecular weight excluding hydrogens is 300 g/mol. The summed E-state index contributed by atoms with van der Waals surface area (Å²) in [7, 11) is 0. The van der Waals surface area contributed by atoms with Crippen LogP contribution in [-0.2, 0) is 0 Å². The number of hydrogen-bond donors (Lipinski definition) is 0. The molecule has 0 unspecified atom stereocenters. The number of nitro groups is 1. The number of nitrogens with zero attached hydrogens (tertiary/aromatic N) is 2. The van der Waals surface area contributed by atoms with E-state index in [9.17, 15) is 14.9 Å². The number of hydrogen-bond acceptors (Lipinski definition) is 5. The highest BCUT2D eigenvalue weighted by Gasteiger charge is 2.09. The zero-order chi connectivity index (χ0) is 15.5. The van der Waals surface area contributed by atoms with Crippen molar-refractivity contribution in [3.8, 4) is 0 Å². The Morgan fingerprint density at radius 2 is 1.86 bits per heavy atom. The number of rotatable bonds is 4. The molecule has 0 N–H and O–H groups in total. The van der Waals surface area contributed by atoms with Gasteiger partial charge in [-0.2, -0.15) is 0 Å². The van der Waals surface area contributed by atoms with Crippen LogP contribution in [0, 0.1) is 10.1 Å². The van der Waals surface area contributed by atoms with Gasteiger partial charge in [0.15, 0.2) is 5.01 Å². The molecule has 0 aliphatic carbocycles. The number of thiazole rings is 1. The Kier molecular flexibility index (Phi) is 3.76. The van der Waals surface area contributed by atoms with Crippen molar-refractivity contribution in [2.75, 3.05) is 0 Å². The van der Waals surface area contributed by atoms with Crippen molar-refractivity contribution < 1.29 is 9.72 Å². The molecule has 0 atom stereocenters. The van der Waals surface area contributed by atoms with Crippen LogP contribution >= 0.6 is 11.3 Å². The first-order valence-electron chi connectivity index (χ1n) is 6.46. The molecule has 22 heavy (non-hydrogen) atoms. The maximum atomic E-state index is 12.1. The molecule has 0 saturated heterocycles. The van der Waals surface area contributed by atoms with Crippen LogP contribution in [0.5, 0.6) is 0 Å². The van der Waals surface area contributed by atoms with Crippen LogP contribution < -0.4 is 0 Å². The Hall–Kier alpha value is -2.86. The number of carbonyl (C=O) groups excluding carboxylic acids is 1. The van der Waals surface area contributed by atoms with Crippen molar-refractivity contribution in [2.45, 2.75) is 0 Å². The van der Waals surface area contributed by atoms with Gasteiger partial charge < -0.3 is 0 Å². The zero-order valence-corrected chi connectivity index (χ0v) is 12.1. The SMILES string of the molecule is O=C(/C=C/c1ccc([N+](=O)[O-])cc1)c1nc2ccccc2s1. The highest BCUT2D eigenvalue weighted by molar-refractivity contribution is 7.20. The lowest BCUT2D eigenvalue weighted by atomic mass is 10.2. The third-order valence-corrected chi connectivity index (χ3v) is 4.09. The number of benzene rings is 2. The fraction of sp³-hybridized carbons (Fsp3) is 0. The van der Waals surface area contributed by atoms with Gasteiger partial charge in [-0.05, 0) is 35.9 Å². The van der Waals surface area contributed by atoms with Crippen LogP contribution in [0.4, 0.5) is 5.69 Å². The maximum Gasteiger partial charge on any atom is 0.269 e. The molecule has 0 amide bonds. The number of ketones is 1. The highest BCUT2D eigenvalue weighted by Crippen LogP contribution is 2.22. The standard InChI is InChI=1S/C16H10N2O3S/c19-14(16-17-13-3-1-2-4-15(13)22-16)10-7-11-5-8-12(9-6-11)18(20)21/h1-10H/b10-7+. The summed E-state index contributed by atoms with van der Waals surface area (Å²) in [4.78, 5) is 26.5. The van der Waals surface area contributed by atoms with E-state index < -0.39 is 4.92 Å². The second-order valence-corrected chi connectivity index (χ2v) is 5.56. The summed E-state index contributed by atoms with van der Waals surface area (Å²) in [6.45, 7) is 0. The molecule has 2 aromatic carbocycles. The predicted molar refractivity (Wildman–Crippen MR) is 86.1 cm³/mol. The quantitative estimate of drug-likeness (QED) is 0.315. The number of carbonyl (C=O) groups is 1. The highest BCUT2D eigenvalue weighted by atomic mass is 32.1. The second kappa shape index (κ2) is 5.87. The molecule has 108 valence electrons. The normalized spacial score (nSPS) is 11.1. The lowest BCUT2D eigenvalue weighted by Gasteiger charge is -1.93. The number of nitro benzene ring substituents is 1. The molecule has 0 radical (unpaired) electrons. The van der Waals surface area contributed by atoms with E-state index in [0.717, 1.165) is 15.8 Å². The van der Waals surface area contributed by atoms with Gasteiger partial charge in [0, 0.05) is 12.1 Å². The minimum Gasteiger partial charge on any atom is -0.287 e.